The average molecular weight is 414 g/mol. The van der Waals surface area contributed by atoms with E-state index in [-0.39, 0.29) is 5.91 Å². The maximum absolute atomic E-state index is 12.6. The molecular weight excluding hydrogens is 382 g/mol. The van der Waals surface area contributed by atoms with Crippen molar-refractivity contribution in [2.75, 3.05) is 31.9 Å². The molecule has 29 heavy (non-hydrogen) atoms. The van der Waals surface area contributed by atoms with E-state index in [9.17, 15) is 4.79 Å². The van der Waals surface area contributed by atoms with Gasteiger partial charge in [0.1, 0.15) is 5.82 Å². The summed E-state index contributed by atoms with van der Waals surface area (Å²) in [5.41, 5.74) is 2.73. The second-order valence-electron chi connectivity index (χ2n) is 8.52. The lowest BCUT2D eigenvalue weighted by atomic mass is 10.0. The van der Waals surface area contributed by atoms with E-state index < -0.39 is 0 Å². The highest BCUT2D eigenvalue weighted by Crippen LogP contribution is 2.39. The molecule has 2 aromatic rings. The topological polar surface area (TPSA) is 54.3 Å². The van der Waals surface area contributed by atoms with Gasteiger partial charge in [0, 0.05) is 45.7 Å². The Labute approximate surface area is 177 Å². The summed E-state index contributed by atoms with van der Waals surface area (Å²) in [5, 5.41) is 9.41. The molecule has 156 valence electrons. The number of aromatic nitrogens is 3. The number of carbonyl (C=O) groups is 1. The molecule has 2 heterocycles. The standard InChI is InChI=1S/C22H31N5OS/c1-16(2)18-6-4-17(5-7-18)14-26-10-12-27(13-11-26)20(28)15-29-22-24-23-21(25(22)3)19-8-9-19/h4-7,16,19H,8-15H2,1-3H3. The summed E-state index contributed by atoms with van der Waals surface area (Å²) in [6.07, 6.45) is 2.42. The normalized spacial score (nSPS) is 17.9. The van der Waals surface area contributed by atoms with Crippen LogP contribution in [0.25, 0.3) is 0 Å². The van der Waals surface area contributed by atoms with Crippen molar-refractivity contribution < 1.29 is 4.79 Å². The fourth-order valence-electron chi connectivity index (χ4n) is 3.79. The molecular formula is C22H31N5OS. The van der Waals surface area contributed by atoms with Gasteiger partial charge in [0.2, 0.25) is 5.91 Å². The number of carbonyl (C=O) groups excluding carboxylic acids is 1. The van der Waals surface area contributed by atoms with Gasteiger partial charge in [0.15, 0.2) is 5.16 Å². The zero-order valence-electron chi connectivity index (χ0n) is 17.7. The number of hydrogen-bond donors (Lipinski definition) is 0. The van der Waals surface area contributed by atoms with Gasteiger partial charge < -0.3 is 9.47 Å². The van der Waals surface area contributed by atoms with E-state index in [1.54, 1.807) is 0 Å². The monoisotopic (exact) mass is 413 g/mol. The molecule has 1 aromatic heterocycles. The fraction of sp³-hybridized carbons (Fsp3) is 0.591. The van der Waals surface area contributed by atoms with Crippen LogP contribution in [0.3, 0.4) is 0 Å². The number of piperazine rings is 1. The highest BCUT2D eigenvalue weighted by molar-refractivity contribution is 7.99. The predicted octanol–water partition coefficient (Wildman–Crippen LogP) is 3.25. The van der Waals surface area contributed by atoms with E-state index in [1.807, 2.05) is 11.9 Å². The summed E-state index contributed by atoms with van der Waals surface area (Å²) in [6, 6.07) is 8.94. The Morgan fingerprint density at radius 2 is 1.79 bits per heavy atom. The lowest BCUT2D eigenvalue weighted by molar-refractivity contribution is -0.130. The first-order valence-electron chi connectivity index (χ1n) is 10.6. The molecule has 1 saturated heterocycles. The minimum atomic E-state index is 0.201. The first-order chi connectivity index (χ1) is 14.0. The third kappa shape index (κ3) is 5.01. The van der Waals surface area contributed by atoms with Crippen LogP contribution in [0.1, 0.15) is 55.5 Å². The lowest BCUT2D eigenvalue weighted by Gasteiger charge is -2.34. The van der Waals surface area contributed by atoms with Crippen molar-refractivity contribution in [3.63, 3.8) is 0 Å². The van der Waals surface area contributed by atoms with Gasteiger partial charge in [-0.2, -0.15) is 0 Å². The predicted molar refractivity (Wildman–Crippen MR) is 116 cm³/mol. The maximum Gasteiger partial charge on any atom is 0.233 e. The van der Waals surface area contributed by atoms with Gasteiger partial charge in [0.25, 0.3) is 0 Å². The largest absolute Gasteiger partial charge is 0.339 e. The van der Waals surface area contributed by atoms with E-state index in [2.05, 4.69) is 57.8 Å². The fourth-order valence-corrected chi connectivity index (χ4v) is 4.61. The number of benzene rings is 1. The smallest absolute Gasteiger partial charge is 0.233 e. The molecule has 0 unspecified atom stereocenters. The summed E-state index contributed by atoms with van der Waals surface area (Å²) < 4.78 is 2.05. The van der Waals surface area contributed by atoms with E-state index in [4.69, 9.17) is 0 Å². The zero-order chi connectivity index (χ0) is 20.4. The van der Waals surface area contributed by atoms with Crippen LogP contribution >= 0.6 is 11.8 Å². The Balaban J connectivity index is 1.22. The van der Waals surface area contributed by atoms with Crippen molar-refractivity contribution in [1.82, 2.24) is 24.6 Å². The highest BCUT2D eigenvalue weighted by Gasteiger charge is 2.29. The number of rotatable bonds is 7. The van der Waals surface area contributed by atoms with Gasteiger partial charge in [-0.05, 0) is 29.9 Å². The number of thioether (sulfide) groups is 1. The Morgan fingerprint density at radius 3 is 2.41 bits per heavy atom. The van der Waals surface area contributed by atoms with Crippen molar-refractivity contribution in [3.8, 4) is 0 Å². The molecule has 4 rings (SSSR count). The molecule has 2 aliphatic rings. The molecule has 0 atom stereocenters. The minimum Gasteiger partial charge on any atom is -0.339 e. The third-order valence-electron chi connectivity index (χ3n) is 5.91. The number of hydrogen-bond acceptors (Lipinski definition) is 5. The highest BCUT2D eigenvalue weighted by atomic mass is 32.2. The van der Waals surface area contributed by atoms with Crippen molar-refractivity contribution in [2.45, 2.75) is 50.2 Å². The Kier molecular flexibility index (Phi) is 6.25. The molecule has 0 spiro atoms. The Hall–Kier alpha value is -1.86. The molecule has 6 nitrogen and oxygen atoms in total. The van der Waals surface area contributed by atoms with E-state index in [1.165, 1.54) is 35.7 Å². The molecule has 1 aliphatic carbocycles. The van der Waals surface area contributed by atoms with E-state index >= 15 is 0 Å². The molecule has 0 radical (unpaired) electrons. The average Bonchev–Trinajstić information content (AvgIpc) is 3.50. The second-order valence-corrected chi connectivity index (χ2v) is 9.46. The van der Waals surface area contributed by atoms with Crippen molar-refractivity contribution in [3.05, 3.63) is 41.2 Å². The SMILES string of the molecule is CC(C)c1ccc(CN2CCN(C(=O)CSc3nnc(C4CC4)n3C)CC2)cc1. The lowest BCUT2D eigenvalue weighted by Crippen LogP contribution is -2.48. The van der Waals surface area contributed by atoms with Crippen LogP contribution in [-0.4, -0.2) is 62.4 Å². The summed E-state index contributed by atoms with van der Waals surface area (Å²) >= 11 is 1.51. The van der Waals surface area contributed by atoms with Gasteiger partial charge in [-0.3, -0.25) is 9.69 Å². The minimum absolute atomic E-state index is 0.201. The van der Waals surface area contributed by atoms with Crippen LogP contribution in [0.15, 0.2) is 29.4 Å². The molecule has 7 heteroatoms. The van der Waals surface area contributed by atoms with Crippen molar-refractivity contribution >= 4 is 17.7 Å². The quantitative estimate of drug-likeness (QED) is 0.652. The zero-order valence-corrected chi connectivity index (χ0v) is 18.5. The number of amides is 1. The number of nitrogens with zero attached hydrogens (tertiary/aromatic N) is 5. The molecule has 1 aliphatic heterocycles. The van der Waals surface area contributed by atoms with Crippen LogP contribution in [-0.2, 0) is 18.4 Å². The molecule has 1 aromatic carbocycles. The van der Waals surface area contributed by atoms with Gasteiger partial charge in [-0.1, -0.05) is 49.9 Å². The van der Waals surface area contributed by atoms with E-state index in [0.29, 0.717) is 17.6 Å². The molecule has 1 amide bonds. The van der Waals surface area contributed by atoms with Crippen LogP contribution < -0.4 is 0 Å². The van der Waals surface area contributed by atoms with E-state index in [0.717, 1.165) is 43.7 Å². The first kappa shape index (κ1) is 20.4. The van der Waals surface area contributed by atoms with Gasteiger partial charge >= 0.3 is 0 Å². The van der Waals surface area contributed by atoms with Gasteiger partial charge in [-0.15, -0.1) is 10.2 Å². The summed E-state index contributed by atoms with van der Waals surface area (Å²) in [4.78, 5) is 17.1. The maximum atomic E-state index is 12.6. The van der Waals surface area contributed by atoms with Crippen molar-refractivity contribution in [2.24, 2.45) is 7.05 Å². The summed E-state index contributed by atoms with van der Waals surface area (Å²) in [5.74, 6) is 2.85. The Morgan fingerprint density at radius 1 is 1.10 bits per heavy atom. The molecule has 0 N–H and O–H groups in total. The molecule has 0 bridgehead atoms. The Bertz CT molecular complexity index is 835. The van der Waals surface area contributed by atoms with Crippen LogP contribution in [0.4, 0.5) is 0 Å². The third-order valence-corrected chi connectivity index (χ3v) is 6.92. The van der Waals surface area contributed by atoms with Crippen LogP contribution in [0.2, 0.25) is 0 Å². The van der Waals surface area contributed by atoms with Crippen LogP contribution in [0, 0.1) is 0 Å². The van der Waals surface area contributed by atoms with Gasteiger partial charge in [0.05, 0.1) is 5.75 Å². The molecule has 2 fully saturated rings. The van der Waals surface area contributed by atoms with Crippen LogP contribution in [0.5, 0.6) is 0 Å². The van der Waals surface area contributed by atoms with Crippen molar-refractivity contribution in [1.29, 1.82) is 0 Å². The van der Waals surface area contributed by atoms with Gasteiger partial charge in [-0.25, -0.2) is 0 Å². The second kappa shape index (κ2) is 8.88. The first-order valence-corrected chi connectivity index (χ1v) is 11.6. The molecule has 1 saturated carbocycles. The summed E-state index contributed by atoms with van der Waals surface area (Å²) in [7, 11) is 2.01. The summed E-state index contributed by atoms with van der Waals surface area (Å²) in [6.45, 7) is 8.86.